The summed E-state index contributed by atoms with van der Waals surface area (Å²) in [4.78, 5) is 10.4. The van der Waals surface area contributed by atoms with Crippen molar-refractivity contribution >= 4 is 5.69 Å². The third-order valence-electron chi connectivity index (χ3n) is 3.68. The molecule has 1 aliphatic carbocycles. The predicted octanol–water partition coefficient (Wildman–Crippen LogP) is 2.19. The molecule has 0 spiro atoms. The lowest BCUT2D eigenvalue weighted by molar-refractivity contribution is -0.385. The number of nitro groups is 1. The molecule has 1 aromatic carbocycles. The van der Waals surface area contributed by atoms with E-state index in [2.05, 4.69) is 0 Å². The van der Waals surface area contributed by atoms with Crippen molar-refractivity contribution in [3.63, 3.8) is 0 Å². The van der Waals surface area contributed by atoms with Crippen LogP contribution in [-0.2, 0) is 5.54 Å². The average molecular weight is 236 g/mol. The fourth-order valence-electron chi connectivity index (χ4n) is 2.27. The molecule has 17 heavy (non-hydrogen) atoms. The largest absolute Gasteiger partial charge is 0.496 e. The van der Waals surface area contributed by atoms with Crippen LogP contribution in [0.5, 0.6) is 5.75 Å². The van der Waals surface area contributed by atoms with E-state index in [0.29, 0.717) is 5.75 Å². The summed E-state index contributed by atoms with van der Waals surface area (Å²) in [5, 5.41) is 10.8. The van der Waals surface area contributed by atoms with Gasteiger partial charge >= 0.3 is 0 Å². The third kappa shape index (κ3) is 1.67. The lowest BCUT2D eigenvalue weighted by atomic mass is 9.95. The van der Waals surface area contributed by atoms with E-state index in [-0.39, 0.29) is 11.1 Å². The van der Waals surface area contributed by atoms with Crippen molar-refractivity contribution in [1.82, 2.24) is 0 Å². The zero-order valence-corrected chi connectivity index (χ0v) is 10.2. The molecule has 5 nitrogen and oxygen atoms in total. The van der Waals surface area contributed by atoms with E-state index in [1.165, 1.54) is 12.1 Å². The van der Waals surface area contributed by atoms with Crippen LogP contribution in [0.1, 0.15) is 25.8 Å². The summed E-state index contributed by atoms with van der Waals surface area (Å²) in [5.74, 6) is 0.615. The monoisotopic (exact) mass is 236 g/mol. The van der Waals surface area contributed by atoms with Gasteiger partial charge in [0.1, 0.15) is 5.75 Å². The van der Waals surface area contributed by atoms with Crippen molar-refractivity contribution in [2.24, 2.45) is 11.1 Å². The number of hydrogen-bond acceptors (Lipinski definition) is 4. The highest BCUT2D eigenvalue weighted by Crippen LogP contribution is 2.62. The molecule has 1 aliphatic rings. The van der Waals surface area contributed by atoms with Gasteiger partial charge in [0.25, 0.3) is 5.69 Å². The van der Waals surface area contributed by atoms with Crippen molar-refractivity contribution < 1.29 is 9.66 Å². The van der Waals surface area contributed by atoms with E-state index < -0.39 is 10.5 Å². The quantitative estimate of drug-likeness (QED) is 0.644. The Morgan fingerprint density at radius 1 is 1.47 bits per heavy atom. The maximum absolute atomic E-state index is 10.8. The first-order valence-electron chi connectivity index (χ1n) is 5.43. The van der Waals surface area contributed by atoms with Crippen LogP contribution in [0.2, 0.25) is 0 Å². The fourth-order valence-corrected chi connectivity index (χ4v) is 2.27. The first-order valence-corrected chi connectivity index (χ1v) is 5.43. The highest BCUT2D eigenvalue weighted by Gasteiger charge is 2.60. The molecule has 0 amide bonds. The smallest absolute Gasteiger partial charge is 0.270 e. The molecule has 2 rings (SSSR count). The molecule has 0 saturated heterocycles. The molecule has 2 N–H and O–H groups in total. The Labute approximate surface area is 99.7 Å². The number of non-ortho nitro benzene ring substituents is 1. The van der Waals surface area contributed by atoms with Crippen LogP contribution in [0.25, 0.3) is 0 Å². The maximum atomic E-state index is 10.8. The molecule has 1 aromatic rings. The van der Waals surface area contributed by atoms with E-state index in [1.807, 2.05) is 13.8 Å². The molecule has 0 bridgehead atoms. The lowest BCUT2D eigenvalue weighted by Crippen LogP contribution is -2.26. The average Bonchev–Trinajstić information content (AvgIpc) is 2.78. The number of nitrogens with zero attached hydrogens (tertiary/aromatic N) is 1. The van der Waals surface area contributed by atoms with Gasteiger partial charge < -0.3 is 10.5 Å². The molecule has 92 valence electrons. The highest BCUT2D eigenvalue weighted by atomic mass is 16.6. The van der Waals surface area contributed by atoms with Gasteiger partial charge in [-0.3, -0.25) is 10.1 Å². The minimum Gasteiger partial charge on any atom is -0.496 e. The molecule has 0 aromatic heterocycles. The third-order valence-corrected chi connectivity index (χ3v) is 3.68. The van der Waals surface area contributed by atoms with Gasteiger partial charge in [0, 0.05) is 17.7 Å². The zero-order valence-electron chi connectivity index (χ0n) is 10.2. The molecule has 0 aliphatic heterocycles. The van der Waals surface area contributed by atoms with Crippen LogP contribution in [0.15, 0.2) is 18.2 Å². The molecular formula is C12H16N2O3. The van der Waals surface area contributed by atoms with Crippen molar-refractivity contribution in [1.29, 1.82) is 0 Å². The second-order valence-electron chi connectivity index (χ2n) is 5.17. The van der Waals surface area contributed by atoms with Gasteiger partial charge in [0.15, 0.2) is 0 Å². The summed E-state index contributed by atoms with van der Waals surface area (Å²) in [6.45, 7) is 4.09. The van der Waals surface area contributed by atoms with Crippen molar-refractivity contribution in [3.05, 3.63) is 33.9 Å². The van der Waals surface area contributed by atoms with Gasteiger partial charge in [-0.15, -0.1) is 0 Å². The van der Waals surface area contributed by atoms with Crippen LogP contribution in [0.3, 0.4) is 0 Å². The topological polar surface area (TPSA) is 78.4 Å². The second kappa shape index (κ2) is 3.43. The molecular weight excluding hydrogens is 220 g/mol. The number of ether oxygens (including phenoxy) is 1. The summed E-state index contributed by atoms with van der Waals surface area (Å²) < 4.78 is 5.24. The summed E-state index contributed by atoms with van der Waals surface area (Å²) in [7, 11) is 1.55. The Balaban J connectivity index is 2.52. The van der Waals surface area contributed by atoms with Gasteiger partial charge in [0.05, 0.1) is 17.6 Å². The second-order valence-corrected chi connectivity index (χ2v) is 5.17. The molecule has 0 heterocycles. The molecule has 1 unspecified atom stereocenters. The van der Waals surface area contributed by atoms with Crippen molar-refractivity contribution in [3.8, 4) is 5.75 Å². The highest BCUT2D eigenvalue weighted by molar-refractivity contribution is 5.51. The summed E-state index contributed by atoms with van der Waals surface area (Å²) >= 11 is 0. The fraction of sp³-hybridized carbons (Fsp3) is 0.500. The maximum Gasteiger partial charge on any atom is 0.270 e. The van der Waals surface area contributed by atoms with E-state index in [9.17, 15) is 10.1 Å². The Hall–Kier alpha value is -1.62. The van der Waals surface area contributed by atoms with E-state index in [0.717, 1.165) is 12.0 Å². The summed E-state index contributed by atoms with van der Waals surface area (Å²) in [5.41, 5.74) is 6.49. The van der Waals surface area contributed by atoms with Crippen LogP contribution >= 0.6 is 0 Å². The lowest BCUT2D eigenvalue weighted by Gasteiger charge is -2.18. The molecule has 5 heteroatoms. The molecule has 1 saturated carbocycles. The zero-order chi connectivity index (χ0) is 12.8. The van der Waals surface area contributed by atoms with Gasteiger partial charge in [-0.2, -0.15) is 0 Å². The van der Waals surface area contributed by atoms with Crippen molar-refractivity contribution in [2.75, 3.05) is 7.11 Å². The number of nitro benzene ring substituents is 1. The van der Waals surface area contributed by atoms with Crippen LogP contribution < -0.4 is 10.5 Å². The summed E-state index contributed by atoms with van der Waals surface area (Å²) in [6, 6.07) is 4.56. The number of methoxy groups -OCH3 is 1. The molecule has 1 fully saturated rings. The minimum absolute atomic E-state index is 0.0461. The molecule has 0 radical (unpaired) electrons. The molecule has 1 atom stereocenters. The van der Waals surface area contributed by atoms with Gasteiger partial charge in [-0.25, -0.2) is 0 Å². The van der Waals surface area contributed by atoms with Gasteiger partial charge in [-0.05, 0) is 17.9 Å². The first-order chi connectivity index (χ1) is 7.82. The first kappa shape index (κ1) is 11.9. The van der Waals surface area contributed by atoms with Gasteiger partial charge in [-0.1, -0.05) is 13.8 Å². The number of hydrogen-bond donors (Lipinski definition) is 1. The van der Waals surface area contributed by atoms with E-state index in [1.54, 1.807) is 13.2 Å². The van der Waals surface area contributed by atoms with Crippen molar-refractivity contribution in [2.45, 2.75) is 25.8 Å². The van der Waals surface area contributed by atoms with E-state index in [4.69, 9.17) is 10.5 Å². The predicted molar refractivity (Wildman–Crippen MR) is 63.9 cm³/mol. The SMILES string of the molecule is COc1ccc([N+](=O)[O-])cc1C1(N)CC1(C)C. The van der Waals surface area contributed by atoms with Crippen LogP contribution in [-0.4, -0.2) is 12.0 Å². The van der Waals surface area contributed by atoms with Crippen LogP contribution in [0, 0.1) is 15.5 Å². The van der Waals surface area contributed by atoms with Crippen LogP contribution in [0.4, 0.5) is 5.69 Å². The standard InChI is InChI=1S/C12H16N2O3/c1-11(2)7-12(11,13)9-6-8(14(15)16)4-5-10(9)17-3/h4-6H,7,13H2,1-3H3. The Kier molecular flexibility index (Phi) is 2.39. The van der Waals surface area contributed by atoms with E-state index >= 15 is 0 Å². The number of nitrogens with two attached hydrogens (primary N) is 1. The normalized spacial score (nSPS) is 25.4. The Morgan fingerprint density at radius 3 is 2.47 bits per heavy atom. The number of benzene rings is 1. The Morgan fingerprint density at radius 2 is 2.06 bits per heavy atom. The number of rotatable bonds is 3. The minimum atomic E-state index is -0.523. The summed E-state index contributed by atoms with van der Waals surface area (Å²) in [6.07, 6.45) is 0.803. The van der Waals surface area contributed by atoms with Gasteiger partial charge in [0.2, 0.25) is 0 Å². The Bertz CT molecular complexity index is 485.